The molecule has 15 heavy (non-hydrogen) atoms. The molecule has 4 nitrogen and oxygen atoms in total. The summed E-state index contributed by atoms with van der Waals surface area (Å²) < 4.78 is 2.48. The minimum absolute atomic E-state index is 0.436. The number of nitrogens with zero attached hydrogens (tertiary/aromatic N) is 3. The van der Waals surface area contributed by atoms with Gasteiger partial charge in [-0.25, -0.2) is 4.68 Å². The van der Waals surface area contributed by atoms with Crippen LogP contribution in [0.15, 0.2) is 28.9 Å². The van der Waals surface area contributed by atoms with Crippen molar-refractivity contribution in [2.75, 3.05) is 0 Å². The smallest absolute Gasteiger partial charge is 0.170 e. The molecule has 0 spiro atoms. The summed E-state index contributed by atoms with van der Waals surface area (Å²) in [6, 6.07) is 5.74. The van der Waals surface area contributed by atoms with Gasteiger partial charge in [-0.1, -0.05) is 27.2 Å². The molecule has 0 unspecified atom stereocenters. The maximum atomic E-state index is 10.7. The first-order valence-corrected chi connectivity index (χ1v) is 5.14. The Balaban J connectivity index is 2.54. The van der Waals surface area contributed by atoms with E-state index >= 15 is 0 Å². The van der Waals surface area contributed by atoms with Crippen molar-refractivity contribution in [1.29, 1.82) is 0 Å². The standard InChI is InChI=1S/C10H8BrN3O/c1-7-2-3-8(4-10(7)11)14-9(6-15)5-12-13-14/h2-6H,1H3. The lowest BCUT2D eigenvalue weighted by Gasteiger charge is -2.04. The quantitative estimate of drug-likeness (QED) is 0.782. The lowest BCUT2D eigenvalue weighted by molar-refractivity contribution is 0.111. The van der Waals surface area contributed by atoms with Gasteiger partial charge in [-0.05, 0) is 24.6 Å². The number of aryl methyl sites for hydroxylation is 1. The fraction of sp³-hybridized carbons (Fsp3) is 0.100. The molecule has 0 N–H and O–H groups in total. The third kappa shape index (κ3) is 1.83. The number of halogens is 1. The molecule has 1 aromatic heterocycles. The molecule has 0 radical (unpaired) electrons. The first kappa shape index (κ1) is 10.0. The summed E-state index contributed by atoms with van der Waals surface area (Å²) in [6.45, 7) is 2.00. The van der Waals surface area contributed by atoms with Crippen LogP contribution in [0.5, 0.6) is 0 Å². The van der Waals surface area contributed by atoms with Crippen LogP contribution < -0.4 is 0 Å². The number of carbonyl (C=O) groups excluding carboxylic acids is 1. The number of carbonyl (C=O) groups is 1. The van der Waals surface area contributed by atoms with Gasteiger partial charge >= 0.3 is 0 Å². The molecule has 0 atom stereocenters. The van der Waals surface area contributed by atoms with Gasteiger partial charge in [0.05, 0.1) is 11.9 Å². The maximum Gasteiger partial charge on any atom is 0.170 e. The van der Waals surface area contributed by atoms with E-state index in [1.165, 1.54) is 10.9 Å². The number of rotatable bonds is 2. The topological polar surface area (TPSA) is 47.8 Å². The largest absolute Gasteiger partial charge is 0.296 e. The number of hydrogen-bond acceptors (Lipinski definition) is 3. The van der Waals surface area contributed by atoms with Gasteiger partial charge < -0.3 is 0 Å². The molecule has 0 fully saturated rings. The van der Waals surface area contributed by atoms with Crippen LogP contribution in [-0.2, 0) is 0 Å². The van der Waals surface area contributed by atoms with E-state index in [4.69, 9.17) is 0 Å². The molecule has 0 aliphatic heterocycles. The Morgan fingerprint density at radius 2 is 2.27 bits per heavy atom. The second-order valence-electron chi connectivity index (χ2n) is 3.12. The zero-order chi connectivity index (χ0) is 10.8. The van der Waals surface area contributed by atoms with Crippen molar-refractivity contribution in [2.24, 2.45) is 0 Å². The summed E-state index contributed by atoms with van der Waals surface area (Å²) in [7, 11) is 0. The Morgan fingerprint density at radius 1 is 1.47 bits per heavy atom. The van der Waals surface area contributed by atoms with Gasteiger partial charge in [0.2, 0.25) is 0 Å². The van der Waals surface area contributed by atoms with Crippen molar-refractivity contribution < 1.29 is 4.79 Å². The molecule has 1 heterocycles. The van der Waals surface area contributed by atoms with Crippen LogP contribution in [0.3, 0.4) is 0 Å². The monoisotopic (exact) mass is 265 g/mol. The van der Waals surface area contributed by atoms with E-state index in [-0.39, 0.29) is 0 Å². The lowest BCUT2D eigenvalue weighted by Crippen LogP contribution is -2.01. The number of hydrogen-bond donors (Lipinski definition) is 0. The van der Waals surface area contributed by atoms with Crippen LogP contribution in [-0.4, -0.2) is 21.3 Å². The van der Waals surface area contributed by atoms with Crippen LogP contribution in [0.4, 0.5) is 0 Å². The van der Waals surface area contributed by atoms with E-state index in [0.29, 0.717) is 5.69 Å². The average Bonchev–Trinajstić information content (AvgIpc) is 2.70. The predicted molar refractivity (Wildman–Crippen MR) is 59.2 cm³/mol. The van der Waals surface area contributed by atoms with Gasteiger partial charge in [0.25, 0.3) is 0 Å². The van der Waals surface area contributed by atoms with Crippen LogP contribution in [0.1, 0.15) is 16.1 Å². The van der Waals surface area contributed by atoms with Crippen LogP contribution >= 0.6 is 15.9 Å². The third-order valence-electron chi connectivity index (χ3n) is 2.10. The first-order chi connectivity index (χ1) is 7.22. The molecule has 0 saturated heterocycles. The summed E-state index contributed by atoms with van der Waals surface area (Å²) in [6.07, 6.45) is 2.16. The second-order valence-corrected chi connectivity index (χ2v) is 3.98. The molecule has 2 aromatic rings. The Morgan fingerprint density at radius 3 is 2.93 bits per heavy atom. The number of aromatic nitrogens is 3. The van der Waals surface area contributed by atoms with Gasteiger partial charge in [-0.15, -0.1) is 5.10 Å². The summed E-state index contributed by atoms with van der Waals surface area (Å²) in [5.74, 6) is 0. The molecule has 0 aliphatic carbocycles. The predicted octanol–water partition coefficient (Wildman–Crippen LogP) is 2.15. The van der Waals surface area contributed by atoms with Gasteiger partial charge in [0.15, 0.2) is 6.29 Å². The molecule has 1 aromatic carbocycles. The van der Waals surface area contributed by atoms with E-state index in [1.54, 1.807) is 0 Å². The van der Waals surface area contributed by atoms with Crippen molar-refractivity contribution in [2.45, 2.75) is 6.92 Å². The van der Waals surface area contributed by atoms with Gasteiger partial charge in [0, 0.05) is 4.47 Å². The zero-order valence-electron chi connectivity index (χ0n) is 8.01. The van der Waals surface area contributed by atoms with Crippen molar-refractivity contribution >= 4 is 22.2 Å². The van der Waals surface area contributed by atoms with Crippen LogP contribution in [0.25, 0.3) is 5.69 Å². The molecule has 0 aliphatic rings. The Hall–Kier alpha value is -1.49. The lowest BCUT2D eigenvalue weighted by atomic mass is 10.2. The van der Waals surface area contributed by atoms with E-state index in [1.807, 2.05) is 25.1 Å². The highest BCUT2D eigenvalue weighted by atomic mass is 79.9. The fourth-order valence-electron chi connectivity index (χ4n) is 1.24. The second kappa shape index (κ2) is 3.94. The van der Waals surface area contributed by atoms with E-state index in [0.717, 1.165) is 22.0 Å². The molecule has 2 rings (SSSR count). The van der Waals surface area contributed by atoms with Crippen LogP contribution in [0, 0.1) is 6.92 Å². The molecule has 0 saturated carbocycles. The van der Waals surface area contributed by atoms with Gasteiger partial charge in [0.1, 0.15) is 5.69 Å². The normalized spacial score (nSPS) is 10.3. The highest BCUT2D eigenvalue weighted by Gasteiger charge is 2.05. The summed E-state index contributed by atoms with van der Waals surface area (Å²) in [5, 5.41) is 7.53. The molecule has 5 heteroatoms. The van der Waals surface area contributed by atoms with Crippen LogP contribution in [0.2, 0.25) is 0 Å². The van der Waals surface area contributed by atoms with Crippen molar-refractivity contribution in [1.82, 2.24) is 15.0 Å². The Labute approximate surface area is 95.0 Å². The molecule has 0 amide bonds. The summed E-state index contributed by atoms with van der Waals surface area (Å²) >= 11 is 3.43. The SMILES string of the molecule is Cc1ccc(-n2nncc2C=O)cc1Br. The van der Waals surface area contributed by atoms with Gasteiger partial charge in [-0.2, -0.15) is 0 Å². The Bertz CT molecular complexity index is 507. The van der Waals surface area contributed by atoms with Crippen molar-refractivity contribution in [3.8, 4) is 5.69 Å². The first-order valence-electron chi connectivity index (χ1n) is 4.35. The highest BCUT2D eigenvalue weighted by molar-refractivity contribution is 9.10. The molecular formula is C10H8BrN3O. The zero-order valence-corrected chi connectivity index (χ0v) is 9.60. The Kier molecular flexibility index (Phi) is 2.64. The van der Waals surface area contributed by atoms with E-state index in [2.05, 4.69) is 26.2 Å². The average molecular weight is 266 g/mol. The van der Waals surface area contributed by atoms with E-state index < -0.39 is 0 Å². The molecule has 76 valence electrons. The van der Waals surface area contributed by atoms with E-state index in [9.17, 15) is 4.79 Å². The molecule has 0 bridgehead atoms. The van der Waals surface area contributed by atoms with Crippen molar-refractivity contribution in [3.63, 3.8) is 0 Å². The minimum atomic E-state index is 0.436. The summed E-state index contributed by atoms with van der Waals surface area (Å²) in [4.78, 5) is 10.7. The van der Waals surface area contributed by atoms with Crippen molar-refractivity contribution in [3.05, 3.63) is 40.1 Å². The third-order valence-corrected chi connectivity index (χ3v) is 2.95. The minimum Gasteiger partial charge on any atom is -0.296 e. The number of benzene rings is 1. The molecular weight excluding hydrogens is 258 g/mol. The summed E-state index contributed by atoms with van der Waals surface area (Å²) in [5.41, 5.74) is 2.38. The highest BCUT2D eigenvalue weighted by Crippen LogP contribution is 2.19. The fourth-order valence-corrected chi connectivity index (χ4v) is 1.60. The van der Waals surface area contributed by atoms with Gasteiger partial charge in [-0.3, -0.25) is 4.79 Å². The maximum absolute atomic E-state index is 10.7. The number of aldehydes is 1.